The van der Waals surface area contributed by atoms with Gasteiger partial charge in [0.15, 0.2) is 5.78 Å². The average molecular weight is 213 g/mol. The van der Waals surface area contributed by atoms with Crippen LogP contribution in [0.4, 0.5) is 4.39 Å². The van der Waals surface area contributed by atoms with Gasteiger partial charge in [-0.1, -0.05) is 29.8 Å². The summed E-state index contributed by atoms with van der Waals surface area (Å²) in [6, 6.07) is 6.43. The Labute approximate surface area is 87.2 Å². The minimum Gasteiger partial charge on any atom is -0.295 e. The van der Waals surface area contributed by atoms with E-state index < -0.39 is 0 Å². The third-order valence-electron chi connectivity index (χ3n) is 1.85. The summed E-state index contributed by atoms with van der Waals surface area (Å²) in [5, 5.41) is 0. The first kappa shape index (κ1) is 10.9. The van der Waals surface area contributed by atoms with Crippen molar-refractivity contribution in [2.45, 2.75) is 12.8 Å². The summed E-state index contributed by atoms with van der Waals surface area (Å²) >= 11 is 5.23. The Morgan fingerprint density at radius 2 is 2.14 bits per heavy atom. The van der Waals surface area contributed by atoms with E-state index in [-0.39, 0.29) is 18.0 Å². The summed E-state index contributed by atoms with van der Waals surface area (Å²) in [5.41, 5.74) is 1.73. The Bertz CT molecular complexity index is 347. The Kier molecular flexibility index (Phi) is 4.33. The summed E-state index contributed by atoms with van der Waals surface area (Å²) in [7, 11) is 0. The smallest absolute Gasteiger partial charge is 0.156 e. The zero-order chi connectivity index (χ0) is 10.4. The van der Waals surface area contributed by atoms with E-state index in [4.69, 9.17) is 11.6 Å². The van der Waals surface area contributed by atoms with Crippen molar-refractivity contribution in [3.8, 4) is 0 Å². The molecule has 0 heterocycles. The van der Waals surface area contributed by atoms with Crippen LogP contribution < -0.4 is 0 Å². The largest absolute Gasteiger partial charge is 0.295 e. The number of benzene rings is 1. The second-order valence-corrected chi connectivity index (χ2v) is 3.10. The second kappa shape index (κ2) is 5.55. The quantitative estimate of drug-likeness (QED) is 0.701. The summed E-state index contributed by atoms with van der Waals surface area (Å²) in [5.74, 6) is -0.363. The van der Waals surface area contributed by atoms with Gasteiger partial charge < -0.3 is 0 Å². The topological polar surface area (TPSA) is 17.1 Å². The minimum absolute atomic E-state index is 0.0942. The van der Waals surface area contributed by atoms with Gasteiger partial charge >= 0.3 is 0 Å². The van der Waals surface area contributed by atoms with E-state index in [2.05, 4.69) is 0 Å². The molecule has 0 atom stereocenters. The van der Waals surface area contributed by atoms with Crippen molar-refractivity contribution in [2.75, 3.05) is 0 Å². The highest BCUT2D eigenvalue weighted by molar-refractivity contribution is 6.26. The third kappa shape index (κ3) is 3.30. The normalized spacial score (nSPS) is 10.7. The van der Waals surface area contributed by atoms with E-state index in [1.54, 1.807) is 18.2 Å². The molecular weight excluding hydrogens is 203 g/mol. The van der Waals surface area contributed by atoms with Crippen LogP contribution in [-0.2, 0) is 11.2 Å². The third-order valence-corrected chi connectivity index (χ3v) is 1.97. The van der Waals surface area contributed by atoms with Gasteiger partial charge in [0.2, 0.25) is 0 Å². The van der Waals surface area contributed by atoms with Crippen LogP contribution in [0, 0.1) is 5.82 Å². The molecule has 0 amide bonds. The summed E-state index contributed by atoms with van der Waals surface area (Å²) in [4.78, 5) is 11.0. The maximum Gasteiger partial charge on any atom is 0.156 e. The lowest BCUT2D eigenvalue weighted by molar-refractivity contribution is -0.114. The van der Waals surface area contributed by atoms with Gasteiger partial charge in [-0.2, -0.15) is 0 Å². The molecule has 0 fully saturated rings. The molecule has 0 aliphatic rings. The molecule has 0 aliphatic heterocycles. The van der Waals surface area contributed by atoms with Crippen LogP contribution in [0.25, 0.3) is 0 Å². The zero-order valence-electron chi connectivity index (χ0n) is 7.54. The summed E-state index contributed by atoms with van der Waals surface area (Å²) in [6.45, 7) is 0. The van der Waals surface area contributed by atoms with Crippen LogP contribution in [0.5, 0.6) is 0 Å². The van der Waals surface area contributed by atoms with E-state index in [0.29, 0.717) is 12.0 Å². The van der Waals surface area contributed by atoms with Gasteiger partial charge in [0.1, 0.15) is 5.82 Å². The monoisotopic (exact) mass is 212 g/mol. The minimum atomic E-state index is -0.268. The van der Waals surface area contributed by atoms with E-state index >= 15 is 0 Å². The van der Waals surface area contributed by atoms with E-state index in [9.17, 15) is 9.18 Å². The van der Waals surface area contributed by atoms with Crippen molar-refractivity contribution >= 4 is 17.4 Å². The molecule has 0 spiro atoms. The van der Waals surface area contributed by atoms with Crippen LogP contribution >= 0.6 is 11.6 Å². The molecule has 0 bridgehead atoms. The number of aryl methyl sites for hydroxylation is 1. The highest BCUT2D eigenvalue weighted by Crippen LogP contribution is 2.09. The standard InChI is InChI=1S/C11H10ClFO/c12-8-7-10(14)6-5-9-3-1-2-4-11(9)13/h1-4,7-8H,5-6H2/b8-7+. The molecule has 1 aromatic rings. The van der Waals surface area contributed by atoms with Crippen molar-refractivity contribution in [3.63, 3.8) is 0 Å². The van der Waals surface area contributed by atoms with E-state index in [1.807, 2.05) is 0 Å². The molecule has 0 unspecified atom stereocenters. The van der Waals surface area contributed by atoms with Gasteiger partial charge in [-0.05, 0) is 24.1 Å². The molecular formula is C11H10ClFO. The van der Waals surface area contributed by atoms with Crippen LogP contribution in [0.2, 0.25) is 0 Å². The fourth-order valence-electron chi connectivity index (χ4n) is 1.11. The Hall–Kier alpha value is -1.15. The van der Waals surface area contributed by atoms with Gasteiger partial charge in [-0.25, -0.2) is 4.39 Å². The highest BCUT2D eigenvalue weighted by atomic mass is 35.5. The number of carbonyl (C=O) groups excluding carboxylic acids is 1. The SMILES string of the molecule is O=C(/C=C/Cl)CCc1ccccc1F. The molecule has 74 valence electrons. The number of carbonyl (C=O) groups is 1. The molecule has 1 aromatic carbocycles. The lowest BCUT2D eigenvalue weighted by Crippen LogP contribution is -1.97. The van der Waals surface area contributed by atoms with Gasteiger partial charge in [-0.3, -0.25) is 4.79 Å². The molecule has 0 radical (unpaired) electrons. The van der Waals surface area contributed by atoms with Gasteiger partial charge in [0.25, 0.3) is 0 Å². The zero-order valence-corrected chi connectivity index (χ0v) is 8.30. The molecule has 0 aliphatic carbocycles. The maximum atomic E-state index is 13.1. The maximum absolute atomic E-state index is 13.1. The summed E-state index contributed by atoms with van der Waals surface area (Å²) in [6.07, 6.45) is 1.97. The van der Waals surface area contributed by atoms with Crippen molar-refractivity contribution < 1.29 is 9.18 Å². The molecule has 3 heteroatoms. The van der Waals surface area contributed by atoms with Crippen molar-refractivity contribution in [3.05, 3.63) is 47.3 Å². The predicted octanol–water partition coefficient (Wildman–Crippen LogP) is 3.08. The van der Waals surface area contributed by atoms with Crippen LogP contribution in [0.1, 0.15) is 12.0 Å². The number of halogens is 2. The number of rotatable bonds is 4. The molecule has 0 aromatic heterocycles. The van der Waals surface area contributed by atoms with Crippen LogP contribution in [0.15, 0.2) is 35.9 Å². The Balaban J connectivity index is 2.54. The summed E-state index contributed by atoms with van der Waals surface area (Å²) < 4.78 is 13.1. The number of allylic oxidation sites excluding steroid dienone is 1. The first-order valence-corrected chi connectivity index (χ1v) is 4.70. The molecule has 0 N–H and O–H groups in total. The second-order valence-electron chi connectivity index (χ2n) is 2.85. The molecule has 0 saturated heterocycles. The number of hydrogen-bond donors (Lipinski definition) is 0. The molecule has 1 nitrogen and oxygen atoms in total. The lowest BCUT2D eigenvalue weighted by atomic mass is 10.1. The Morgan fingerprint density at radius 3 is 2.79 bits per heavy atom. The van der Waals surface area contributed by atoms with Crippen LogP contribution in [0.3, 0.4) is 0 Å². The van der Waals surface area contributed by atoms with Crippen molar-refractivity contribution in [2.24, 2.45) is 0 Å². The van der Waals surface area contributed by atoms with E-state index in [0.717, 1.165) is 0 Å². The number of hydrogen-bond acceptors (Lipinski definition) is 1. The number of ketones is 1. The molecule has 0 saturated carbocycles. The van der Waals surface area contributed by atoms with E-state index in [1.165, 1.54) is 17.7 Å². The Morgan fingerprint density at radius 1 is 1.43 bits per heavy atom. The molecule has 14 heavy (non-hydrogen) atoms. The first-order chi connectivity index (χ1) is 6.74. The average Bonchev–Trinajstić information content (AvgIpc) is 2.17. The van der Waals surface area contributed by atoms with Crippen LogP contribution in [-0.4, -0.2) is 5.78 Å². The highest BCUT2D eigenvalue weighted by Gasteiger charge is 2.02. The fourth-order valence-corrected chi connectivity index (χ4v) is 1.25. The molecule has 1 rings (SSSR count). The predicted molar refractivity (Wildman–Crippen MR) is 54.7 cm³/mol. The first-order valence-electron chi connectivity index (χ1n) is 4.27. The van der Waals surface area contributed by atoms with Crippen molar-refractivity contribution in [1.82, 2.24) is 0 Å². The lowest BCUT2D eigenvalue weighted by Gasteiger charge is -1.99. The van der Waals surface area contributed by atoms with Gasteiger partial charge in [-0.15, -0.1) is 0 Å². The van der Waals surface area contributed by atoms with Gasteiger partial charge in [0, 0.05) is 12.0 Å². The van der Waals surface area contributed by atoms with Crippen molar-refractivity contribution in [1.29, 1.82) is 0 Å². The fraction of sp³-hybridized carbons (Fsp3) is 0.182. The van der Waals surface area contributed by atoms with Gasteiger partial charge in [0.05, 0.1) is 0 Å².